The molecule has 0 aliphatic rings. The van der Waals surface area contributed by atoms with Gasteiger partial charge in [0.05, 0.1) is 4.92 Å². The fraction of sp³-hybridized carbons (Fsp3) is 0.143. The van der Waals surface area contributed by atoms with Gasteiger partial charge in [-0.05, 0) is 35.0 Å². The number of halogens is 1. The number of amides is 2. The second-order valence-corrected chi connectivity index (χ2v) is 5.74. The first kappa shape index (κ1) is 16.7. The van der Waals surface area contributed by atoms with E-state index in [-0.39, 0.29) is 11.3 Å². The number of carbonyl (C=O) groups excluding carboxylic acids is 2. The van der Waals surface area contributed by atoms with Gasteiger partial charge in [-0.15, -0.1) is 0 Å². The molecule has 0 unspecified atom stereocenters. The average Bonchev–Trinajstić information content (AvgIpc) is 2.83. The highest BCUT2D eigenvalue weighted by Gasteiger charge is 2.16. The van der Waals surface area contributed by atoms with Crippen LogP contribution in [0.25, 0.3) is 0 Å². The number of rotatable bonds is 3. The Kier molecular flexibility index (Phi) is 4.80. The van der Waals surface area contributed by atoms with E-state index in [0.717, 1.165) is 10.5 Å². The summed E-state index contributed by atoms with van der Waals surface area (Å²) in [6, 6.07) is 5.68. The van der Waals surface area contributed by atoms with Crippen LogP contribution >= 0.6 is 15.9 Å². The summed E-state index contributed by atoms with van der Waals surface area (Å²) in [5, 5.41) is 10.9. The van der Waals surface area contributed by atoms with Crippen molar-refractivity contribution in [3.05, 3.63) is 61.9 Å². The molecule has 0 aliphatic carbocycles. The lowest BCUT2D eigenvalue weighted by atomic mass is 10.1. The van der Waals surface area contributed by atoms with Crippen LogP contribution in [-0.2, 0) is 7.05 Å². The molecule has 0 bridgehead atoms. The number of nitro benzene ring substituents is 1. The van der Waals surface area contributed by atoms with Crippen molar-refractivity contribution >= 4 is 33.4 Å². The van der Waals surface area contributed by atoms with Crippen molar-refractivity contribution in [3.63, 3.8) is 0 Å². The van der Waals surface area contributed by atoms with Crippen molar-refractivity contribution in [2.45, 2.75) is 6.92 Å². The number of nitro groups is 1. The Morgan fingerprint density at radius 2 is 1.87 bits per heavy atom. The van der Waals surface area contributed by atoms with Crippen molar-refractivity contribution in [1.82, 2.24) is 15.4 Å². The van der Waals surface area contributed by atoms with Gasteiger partial charge in [-0.25, -0.2) is 0 Å². The van der Waals surface area contributed by atoms with E-state index in [1.165, 1.54) is 12.1 Å². The Hall–Kier alpha value is -2.68. The van der Waals surface area contributed by atoms with Gasteiger partial charge >= 0.3 is 0 Å². The largest absolute Gasteiger partial charge is 0.345 e. The van der Waals surface area contributed by atoms with E-state index in [0.29, 0.717) is 11.3 Å². The van der Waals surface area contributed by atoms with Gasteiger partial charge in [0.25, 0.3) is 17.5 Å². The molecule has 120 valence electrons. The van der Waals surface area contributed by atoms with Crippen molar-refractivity contribution in [2.75, 3.05) is 0 Å². The third kappa shape index (κ3) is 3.75. The SMILES string of the molecule is Cc1ccc(C(=O)NNC(=O)c2cc(Br)cn2C)cc1[N+](=O)[O-]. The van der Waals surface area contributed by atoms with E-state index in [1.807, 2.05) is 0 Å². The minimum Gasteiger partial charge on any atom is -0.345 e. The van der Waals surface area contributed by atoms with Crippen molar-refractivity contribution in [2.24, 2.45) is 7.05 Å². The van der Waals surface area contributed by atoms with Gasteiger partial charge in [-0.2, -0.15) is 0 Å². The van der Waals surface area contributed by atoms with E-state index in [9.17, 15) is 19.7 Å². The van der Waals surface area contributed by atoms with Crippen LogP contribution in [0.5, 0.6) is 0 Å². The molecule has 2 amide bonds. The predicted octanol–water partition coefficient (Wildman–Crippen LogP) is 2.08. The lowest BCUT2D eigenvalue weighted by Crippen LogP contribution is -2.42. The van der Waals surface area contributed by atoms with E-state index < -0.39 is 16.7 Å². The Balaban J connectivity index is 2.08. The highest BCUT2D eigenvalue weighted by atomic mass is 79.9. The molecule has 0 aliphatic heterocycles. The van der Waals surface area contributed by atoms with Gasteiger partial charge in [-0.1, -0.05) is 6.07 Å². The predicted molar refractivity (Wildman–Crippen MR) is 85.9 cm³/mol. The van der Waals surface area contributed by atoms with Crippen LogP contribution in [0.15, 0.2) is 34.9 Å². The molecule has 9 heteroatoms. The summed E-state index contributed by atoms with van der Waals surface area (Å²) in [4.78, 5) is 34.3. The summed E-state index contributed by atoms with van der Waals surface area (Å²) in [6.45, 7) is 1.58. The molecule has 2 rings (SSSR count). The monoisotopic (exact) mass is 380 g/mol. The fourth-order valence-electron chi connectivity index (χ4n) is 1.95. The average molecular weight is 381 g/mol. The highest BCUT2D eigenvalue weighted by molar-refractivity contribution is 9.10. The Morgan fingerprint density at radius 1 is 1.22 bits per heavy atom. The number of aromatic nitrogens is 1. The van der Waals surface area contributed by atoms with E-state index in [1.54, 1.807) is 30.8 Å². The minimum absolute atomic E-state index is 0.0793. The van der Waals surface area contributed by atoms with Crippen molar-refractivity contribution < 1.29 is 14.5 Å². The molecular weight excluding hydrogens is 368 g/mol. The van der Waals surface area contributed by atoms with Gasteiger partial charge in [0.2, 0.25) is 0 Å². The molecule has 0 saturated heterocycles. The van der Waals surface area contributed by atoms with Crippen LogP contribution in [0.1, 0.15) is 26.4 Å². The van der Waals surface area contributed by atoms with Crippen LogP contribution in [0.4, 0.5) is 5.69 Å². The lowest BCUT2D eigenvalue weighted by Gasteiger charge is -2.08. The number of nitrogens with zero attached hydrogens (tertiary/aromatic N) is 2. The molecule has 1 heterocycles. The number of hydrazine groups is 1. The molecule has 0 atom stereocenters. The maximum atomic E-state index is 12.0. The van der Waals surface area contributed by atoms with Gasteiger partial charge in [-0.3, -0.25) is 30.6 Å². The minimum atomic E-state index is -0.644. The van der Waals surface area contributed by atoms with Crippen LogP contribution in [0, 0.1) is 17.0 Å². The summed E-state index contributed by atoms with van der Waals surface area (Å²) < 4.78 is 2.31. The quantitative estimate of drug-likeness (QED) is 0.627. The third-order valence-electron chi connectivity index (χ3n) is 3.16. The zero-order valence-electron chi connectivity index (χ0n) is 12.3. The number of hydrogen-bond acceptors (Lipinski definition) is 4. The number of hydrogen-bond donors (Lipinski definition) is 2. The molecule has 2 N–H and O–H groups in total. The molecule has 1 aromatic heterocycles. The lowest BCUT2D eigenvalue weighted by molar-refractivity contribution is -0.385. The van der Waals surface area contributed by atoms with Crippen LogP contribution < -0.4 is 10.9 Å². The molecule has 8 nitrogen and oxygen atoms in total. The van der Waals surface area contributed by atoms with Crippen LogP contribution in [0.3, 0.4) is 0 Å². The summed E-state index contributed by atoms with van der Waals surface area (Å²) in [5.41, 5.74) is 5.20. The van der Waals surface area contributed by atoms with Crippen molar-refractivity contribution in [1.29, 1.82) is 0 Å². The Morgan fingerprint density at radius 3 is 2.43 bits per heavy atom. The number of aryl methyl sites for hydroxylation is 2. The normalized spacial score (nSPS) is 10.2. The second kappa shape index (κ2) is 6.61. The first-order chi connectivity index (χ1) is 10.8. The second-order valence-electron chi connectivity index (χ2n) is 4.82. The molecule has 23 heavy (non-hydrogen) atoms. The Bertz CT molecular complexity index is 800. The maximum absolute atomic E-state index is 12.0. The van der Waals surface area contributed by atoms with Crippen LogP contribution in [0.2, 0.25) is 0 Å². The molecule has 0 radical (unpaired) electrons. The zero-order chi connectivity index (χ0) is 17.1. The fourth-order valence-corrected chi connectivity index (χ4v) is 2.47. The van der Waals surface area contributed by atoms with Gasteiger partial charge in [0.15, 0.2) is 0 Å². The van der Waals surface area contributed by atoms with Gasteiger partial charge in [0.1, 0.15) is 5.69 Å². The molecule has 0 spiro atoms. The van der Waals surface area contributed by atoms with E-state index in [4.69, 9.17) is 0 Å². The molecule has 2 aromatic rings. The smallest absolute Gasteiger partial charge is 0.286 e. The molecule has 1 aromatic carbocycles. The number of carbonyl (C=O) groups is 2. The topological polar surface area (TPSA) is 106 Å². The zero-order valence-corrected chi connectivity index (χ0v) is 13.9. The first-order valence-electron chi connectivity index (χ1n) is 6.47. The number of nitrogens with one attached hydrogen (secondary N) is 2. The van der Waals surface area contributed by atoms with E-state index >= 15 is 0 Å². The summed E-state index contributed by atoms with van der Waals surface area (Å²) in [6.07, 6.45) is 1.69. The van der Waals surface area contributed by atoms with E-state index in [2.05, 4.69) is 26.8 Å². The summed E-state index contributed by atoms with van der Waals surface area (Å²) >= 11 is 3.24. The van der Waals surface area contributed by atoms with Gasteiger partial charge < -0.3 is 4.57 Å². The maximum Gasteiger partial charge on any atom is 0.286 e. The first-order valence-corrected chi connectivity index (χ1v) is 7.26. The third-order valence-corrected chi connectivity index (χ3v) is 3.60. The highest BCUT2D eigenvalue weighted by Crippen LogP contribution is 2.19. The molecule has 0 fully saturated rings. The van der Waals surface area contributed by atoms with Crippen LogP contribution in [-0.4, -0.2) is 21.3 Å². The number of benzene rings is 1. The standard InChI is InChI=1S/C14H13BrN4O4/c1-8-3-4-9(5-11(8)19(22)23)13(20)16-17-14(21)12-6-10(15)7-18(12)2/h3-7H,1-2H3,(H,16,20)(H,17,21). The van der Waals surface area contributed by atoms with Crippen molar-refractivity contribution in [3.8, 4) is 0 Å². The van der Waals surface area contributed by atoms with Gasteiger partial charge in [0, 0.05) is 34.9 Å². The summed E-state index contributed by atoms with van der Waals surface area (Å²) in [7, 11) is 1.69. The Labute approximate surface area is 139 Å². The summed E-state index contributed by atoms with van der Waals surface area (Å²) in [5.74, 6) is -1.15. The molecule has 0 saturated carbocycles. The molecular formula is C14H13BrN4O4.